The van der Waals surface area contributed by atoms with E-state index in [0.717, 1.165) is 29.7 Å². The third-order valence-electron chi connectivity index (χ3n) is 2.15. The fourth-order valence-electron chi connectivity index (χ4n) is 1.33. The minimum atomic E-state index is 0.105. The topological polar surface area (TPSA) is 47.0 Å². The zero-order valence-corrected chi connectivity index (χ0v) is 9.30. The van der Waals surface area contributed by atoms with Crippen LogP contribution in [0.5, 0.6) is 0 Å². The highest BCUT2D eigenvalue weighted by molar-refractivity contribution is 7.11. The van der Waals surface area contributed by atoms with Crippen molar-refractivity contribution in [3.63, 3.8) is 0 Å². The number of ether oxygens (including phenoxy) is 1. The van der Waals surface area contributed by atoms with Gasteiger partial charge in [-0.15, -0.1) is 10.2 Å². The smallest absolute Gasteiger partial charge is 0.147 e. The number of aromatic nitrogens is 2. The number of rotatable bonds is 2. The molecule has 1 aliphatic rings. The molecule has 1 atom stereocenters. The van der Waals surface area contributed by atoms with Crippen molar-refractivity contribution in [3.05, 3.63) is 10.0 Å². The van der Waals surface area contributed by atoms with E-state index < -0.39 is 0 Å². The second kappa shape index (κ2) is 4.33. The van der Waals surface area contributed by atoms with Gasteiger partial charge < -0.3 is 10.1 Å². The van der Waals surface area contributed by atoms with Crippen molar-refractivity contribution in [1.82, 2.24) is 15.5 Å². The van der Waals surface area contributed by atoms with Gasteiger partial charge in [0.05, 0.1) is 6.61 Å². The first-order chi connectivity index (χ1) is 6.77. The van der Waals surface area contributed by atoms with Crippen LogP contribution in [0.25, 0.3) is 0 Å². The molecule has 2 rings (SSSR count). The first-order valence-corrected chi connectivity index (χ1v) is 5.74. The van der Waals surface area contributed by atoms with Crippen LogP contribution in [-0.4, -0.2) is 29.9 Å². The molecule has 1 N–H and O–H groups in total. The largest absolute Gasteiger partial charge is 0.368 e. The van der Waals surface area contributed by atoms with E-state index in [-0.39, 0.29) is 6.10 Å². The van der Waals surface area contributed by atoms with Crippen molar-refractivity contribution in [1.29, 1.82) is 0 Å². The van der Waals surface area contributed by atoms with Gasteiger partial charge in [-0.3, -0.25) is 0 Å². The van der Waals surface area contributed by atoms with Crippen molar-refractivity contribution in [2.24, 2.45) is 0 Å². The van der Waals surface area contributed by atoms with Crippen LogP contribution < -0.4 is 5.32 Å². The molecule has 1 saturated heterocycles. The molecule has 0 aromatic carbocycles. The Labute approximate surface area is 87.7 Å². The minimum Gasteiger partial charge on any atom is -0.368 e. The first-order valence-electron chi connectivity index (χ1n) is 4.93. The van der Waals surface area contributed by atoms with Crippen molar-refractivity contribution >= 4 is 11.3 Å². The molecular weight excluding hydrogens is 198 g/mol. The van der Waals surface area contributed by atoms with Gasteiger partial charge in [0.15, 0.2) is 0 Å². The lowest BCUT2D eigenvalue weighted by molar-refractivity contribution is 0.0271. The highest BCUT2D eigenvalue weighted by Crippen LogP contribution is 2.25. The van der Waals surface area contributed by atoms with Crippen LogP contribution in [0, 0.1) is 0 Å². The summed E-state index contributed by atoms with van der Waals surface area (Å²) < 4.78 is 5.60. The van der Waals surface area contributed by atoms with E-state index in [1.54, 1.807) is 11.3 Å². The van der Waals surface area contributed by atoms with E-state index in [1.165, 1.54) is 0 Å². The van der Waals surface area contributed by atoms with Crippen LogP contribution in [0.15, 0.2) is 0 Å². The van der Waals surface area contributed by atoms with Crippen molar-refractivity contribution in [2.75, 3.05) is 19.7 Å². The molecule has 1 aliphatic heterocycles. The number of nitrogens with one attached hydrogen (secondary N) is 1. The highest BCUT2D eigenvalue weighted by atomic mass is 32.1. The zero-order chi connectivity index (χ0) is 9.97. The van der Waals surface area contributed by atoms with Gasteiger partial charge in [0.25, 0.3) is 0 Å². The average Bonchev–Trinajstić information content (AvgIpc) is 2.68. The third kappa shape index (κ3) is 2.10. The van der Waals surface area contributed by atoms with E-state index >= 15 is 0 Å². The van der Waals surface area contributed by atoms with Gasteiger partial charge in [0.2, 0.25) is 0 Å². The summed E-state index contributed by atoms with van der Waals surface area (Å²) in [6, 6.07) is 0. The van der Waals surface area contributed by atoms with Gasteiger partial charge in [0, 0.05) is 19.0 Å². The fraction of sp³-hybridized carbons (Fsp3) is 0.778. The quantitative estimate of drug-likeness (QED) is 0.805. The minimum absolute atomic E-state index is 0.105. The Bertz CT molecular complexity index is 294. The molecule has 0 amide bonds. The summed E-state index contributed by atoms with van der Waals surface area (Å²) in [7, 11) is 0. The highest BCUT2D eigenvalue weighted by Gasteiger charge is 2.20. The predicted octanol–water partition coefficient (Wildman–Crippen LogP) is 1.32. The molecule has 78 valence electrons. The van der Waals surface area contributed by atoms with Gasteiger partial charge in [-0.2, -0.15) is 0 Å². The van der Waals surface area contributed by atoms with Gasteiger partial charge >= 0.3 is 0 Å². The van der Waals surface area contributed by atoms with E-state index in [1.807, 2.05) is 0 Å². The number of morpholine rings is 1. The molecule has 5 heteroatoms. The maximum absolute atomic E-state index is 5.60. The average molecular weight is 213 g/mol. The van der Waals surface area contributed by atoms with Crippen LogP contribution >= 0.6 is 11.3 Å². The van der Waals surface area contributed by atoms with E-state index in [9.17, 15) is 0 Å². The summed E-state index contributed by atoms with van der Waals surface area (Å²) in [6.07, 6.45) is 0.105. The lowest BCUT2D eigenvalue weighted by Crippen LogP contribution is -2.33. The van der Waals surface area contributed by atoms with Gasteiger partial charge in [-0.25, -0.2) is 0 Å². The Balaban J connectivity index is 2.07. The van der Waals surface area contributed by atoms with Gasteiger partial charge in [-0.05, 0) is 0 Å². The molecule has 0 radical (unpaired) electrons. The molecule has 2 heterocycles. The number of nitrogens with zero attached hydrogens (tertiary/aromatic N) is 2. The SMILES string of the molecule is CC(C)c1nnc(C2CNCCO2)s1. The Morgan fingerprint density at radius 1 is 1.50 bits per heavy atom. The van der Waals surface area contributed by atoms with Crippen LogP contribution in [0.1, 0.15) is 35.9 Å². The van der Waals surface area contributed by atoms with Crippen LogP contribution in [0.2, 0.25) is 0 Å². The molecule has 14 heavy (non-hydrogen) atoms. The van der Waals surface area contributed by atoms with E-state index in [4.69, 9.17) is 4.74 Å². The van der Waals surface area contributed by atoms with Crippen molar-refractivity contribution < 1.29 is 4.74 Å². The summed E-state index contributed by atoms with van der Waals surface area (Å²) >= 11 is 1.66. The summed E-state index contributed by atoms with van der Waals surface area (Å²) in [6.45, 7) is 6.81. The summed E-state index contributed by atoms with van der Waals surface area (Å²) in [4.78, 5) is 0. The molecule has 0 saturated carbocycles. The second-order valence-corrected chi connectivity index (χ2v) is 4.74. The Hall–Kier alpha value is -0.520. The summed E-state index contributed by atoms with van der Waals surface area (Å²) in [5.74, 6) is 0.456. The zero-order valence-electron chi connectivity index (χ0n) is 8.49. The van der Waals surface area contributed by atoms with Gasteiger partial charge in [-0.1, -0.05) is 25.2 Å². The molecule has 0 aliphatic carbocycles. The van der Waals surface area contributed by atoms with Crippen molar-refractivity contribution in [3.8, 4) is 0 Å². The molecule has 0 spiro atoms. The Morgan fingerprint density at radius 3 is 2.93 bits per heavy atom. The maximum atomic E-state index is 5.60. The molecule has 1 aromatic heterocycles. The molecule has 4 nitrogen and oxygen atoms in total. The van der Waals surface area contributed by atoms with E-state index in [2.05, 4.69) is 29.4 Å². The van der Waals surface area contributed by atoms with Crippen molar-refractivity contribution in [2.45, 2.75) is 25.9 Å². The first kappa shape index (κ1) is 10.0. The van der Waals surface area contributed by atoms with Crippen LogP contribution in [-0.2, 0) is 4.74 Å². The monoisotopic (exact) mass is 213 g/mol. The molecular formula is C9H15N3OS. The lowest BCUT2D eigenvalue weighted by Gasteiger charge is -2.20. The molecule has 1 fully saturated rings. The fourth-order valence-corrected chi connectivity index (χ4v) is 2.23. The van der Waals surface area contributed by atoms with Crippen LogP contribution in [0.3, 0.4) is 0 Å². The van der Waals surface area contributed by atoms with E-state index in [0.29, 0.717) is 5.92 Å². The number of hydrogen-bond donors (Lipinski definition) is 1. The summed E-state index contributed by atoms with van der Waals surface area (Å²) in [5.41, 5.74) is 0. The third-order valence-corrected chi connectivity index (χ3v) is 3.47. The second-order valence-electron chi connectivity index (χ2n) is 3.70. The molecule has 1 unspecified atom stereocenters. The predicted molar refractivity (Wildman–Crippen MR) is 55.6 cm³/mol. The summed E-state index contributed by atoms with van der Waals surface area (Å²) in [5, 5.41) is 13.7. The maximum Gasteiger partial charge on any atom is 0.147 e. The number of hydrogen-bond acceptors (Lipinski definition) is 5. The normalized spacial score (nSPS) is 22.9. The molecule has 1 aromatic rings. The Morgan fingerprint density at radius 2 is 2.36 bits per heavy atom. The molecule has 0 bridgehead atoms. The van der Waals surface area contributed by atoms with Gasteiger partial charge in [0.1, 0.15) is 16.1 Å². The Kier molecular flexibility index (Phi) is 3.10. The standard InChI is InChI=1S/C9H15N3OS/c1-6(2)8-11-12-9(14-8)7-5-10-3-4-13-7/h6-7,10H,3-5H2,1-2H3. The van der Waals surface area contributed by atoms with Crippen LogP contribution in [0.4, 0.5) is 0 Å². The lowest BCUT2D eigenvalue weighted by atomic mass is 10.2.